The van der Waals surface area contributed by atoms with Gasteiger partial charge in [-0.05, 0) is 57.0 Å². The van der Waals surface area contributed by atoms with Crippen molar-refractivity contribution in [3.63, 3.8) is 0 Å². The van der Waals surface area contributed by atoms with Crippen molar-refractivity contribution in [3.05, 3.63) is 47.5 Å². The van der Waals surface area contributed by atoms with E-state index in [1.165, 1.54) is 0 Å². The van der Waals surface area contributed by atoms with Crippen LogP contribution in [0.5, 0.6) is 0 Å². The first-order valence-electron chi connectivity index (χ1n) is 8.74. The number of likely N-dealkylation sites (tertiary alicyclic amines) is 1. The molecule has 1 heterocycles. The monoisotopic (exact) mass is 496 g/mol. The third-order valence-electron chi connectivity index (χ3n) is 4.65. The van der Waals surface area contributed by atoms with Gasteiger partial charge in [0.15, 0.2) is 5.96 Å². The fourth-order valence-electron chi connectivity index (χ4n) is 3.38. The van der Waals surface area contributed by atoms with Crippen LogP contribution in [0.2, 0.25) is 0 Å². The summed E-state index contributed by atoms with van der Waals surface area (Å²) in [6, 6.07) is 5.53. The molecule has 2 unspecified atom stereocenters. The Labute approximate surface area is 176 Å². The Kier molecular flexibility index (Phi) is 9.07. The molecule has 2 atom stereocenters. The van der Waals surface area contributed by atoms with Gasteiger partial charge in [-0.3, -0.25) is 4.90 Å². The maximum Gasteiger partial charge on any atom is 0.416 e. The molecule has 1 saturated heterocycles. The number of hydrogen-bond donors (Lipinski definition) is 2. The highest BCUT2D eigenvalue weighted by Crippen LogP contribution is 2.36. The minimum atomic E-state index is -4.31. The summed E-state index contributed by atoms with van der Waals surface area (Å²) in [6.07, 6.45) is -2.29. The average Bonchev–Trinajstić information content (AvgIpc) is 2.57. The zero-order valence-electron chi connectivity index (χ0n) is 15.7. The van der Waals surface area contributed by atoms with Gasteiger partial charge < -0.3 is 11.1 Å². The van der Waals surface area contributed by atoms with Crippen LogP contribution in [0.3, 0.4) is 0 Å². The van der Waals surface area contributed by atoms with E-state index in [0.717, 1.165) is 42.7 Å². The van der Waals surface area contributed by atoms with E-state index >= 15 is 0 Å². The molecule has 0 radical (unpaired) electrons. The van der Waals surface area contributed by atoms with E-state index < -0.39 is 11.7 Å². The first kappa shape index (κ1) is 23.7. The topological polar surface area (TPSA) is 53.6 Å². The van der Waals surface area contributed by atoms with Crippen LogP contribution in [0.25, 0.3) is 0 Å². The van der Waals surface area contributed by atoms with Crippen molar-refractivity contribution >= 4 is 29.9 Å². The number of guanidine groups is 1. The second-order valence-electron chi connectivity index (χ2n) is 6.99. The van der Waals surface area contributed by atoms with Crippen LogP contribution in [-0.4, -0.2) is 37.5 Å². The average molecular weight is 496 g/mol. The summed E-state index contributed by atoms with van der Waals surface area (Å²) in [5.41, 5.74) is 7.08. The number of nitrogens with zero attached hydrogens (tertiary/aromatic N) is 2. The van der Waals surface area contributed by atoms with Crippen molar-refractivity contribution in [3.8, 4) is 0 Å². The van der Waals surface area contributed by atoms with Crippen LogP contribution in [0.1, 0.15) is 36.9 Å². The molecule has 1 aromatic rings. The summed E-state index contributed by atoms with van der Waals surface area (Å²) in [5, 5.41) is 3.14. The number of hydrogen-bond acceptors (Lipinski definition) is 2. The Bertz CT molecular complexity index is 643. The molecule has 4 nitrogen and oxygen atoms in total. The number of halogens is 4. The van der Waals surface area contributed by atoms with Gasteiger partial charge in [-0.1, -0.05) is 24.3 Å². The van der Waals surface area contributed by atoms with E-state index in [1.807, 2.05) is 14.0 Å². The van der Waals surface area contributed by atoms with Crippen LogP contribution in [-0.2, 0) is 6.18 Å². The Morgan fingerprint density at radius 2 is 1.96 bits per heavy atom. The highest BCUT2D eigenvalue weighted by molar-refractivity contribution is 14.0. The van der Waals surface area contributed by atoms with Crippen molar-refractivity contribution in [1.29, 1.82) is 0 Å². The van der Waals surface area contributed by atoms with Crippen molar-refractivity contribution < 1.29 is 13.2 Å². The highest BCUT2D eigenvalue weighted by atomic mass is 127. The van der Waals surface area contributed by atoms with Crippen LogP contribution in [0.4, 0.5) is 13.2 Å². The van der Waals surface area contributed by atoms with Gasteiger partial charge in [0.05, 0.1) is 12.1 Å². The fraction of sp³-hybridized carbons (Fsp3) is 0.526. The molecule has 8 heteroatoms. The first-order chi connectivity index (χ1) is 12.2. The van der Waals surface area contributed by atoms with Crippen LogP contribution < -0.4 is 11.1 Å². The Balaban J connectivity index is 0.00000364. The van der Waals surface area contributed by atoms with Gasteiger partial charge in [0.2, 0.25) is 0 Å². The molecule has 152 valence electrons. The van der Waals surface area contributed by atoms with Crippen LogP contribution in [0, 0.1) is 5.92 Å². The number of nitrogens with one attached hydrogen (secondary N) is 1. The number of nitrogens with two attached hydrogens (primary N) is 1. The predicted octanol–water partition coefficient (Wildman–Crippen LogP) is 4.19. The maximum absolute atomic E-state index is 12.8. The molecule has 2 rings (SSSR count). The molecule has 27 heavy (non-hydrogen) atoms. The molecule has 0 aliphatic carbocycles. The molecule has 1 aliphatic rings. The molecular formula is C19H28F3IN4. The predicted molar refractivity (Wildman–Crippen MR) is 114 cm³/mol. The molecule has 3 N–H and O–H groups in total. The summed E-state index contributed by atoms with van der Waals surface area (Å²) in [5.74, 6) is 0.608. The van der Waals surface area contributed by atoms with Gasteiger partial charge in [-0.25, -0.2) is 4.99 Å². The largest absolute Gasteiger partial charge is 0.416 e. The molecule has 0 amide bonds. The van der Waals surface area contributed by atoms with E-state index in [4.69, 9.17) is 5.73 Å². The zero-order valence-corrected chi connectivity index (χ0v) is 18.1. The molecule has 0 saturated carbocycles. The zero-order chi connectivity index (χ0) is 19.3. The Morgan fingerprint density at radius 1 is 1.33 bits per heavy atom. The van der Waals surface area contributed by atoms with E-state index in [-0.39, 0.29) is 35.9 Å². The van der Waals surface area contributed by atoms with E-state index in [1.54, 1.807) is 12.1 Å². The number of aliphatic imine (C=N–C) groups is 1. The number of rotatable bonds is 5. The summed E-state index contributed by atoms with van der Waals surface area (Å²) in [7, 11) is 2.01. The lowest BCUT2D eigenvalue weighted by molar-refractivity contribution is -0.137. The Hall–Kier alpha value is -1.29. The number of piperidine rings is 1. The van der Waals surface area contributed by atoms with Crippen molar-refractivity contribution in [1.82, 2.24) is 10.2 Å². The van der Waals surface area contributed by atoms with Gasteiger partial charge >= 0.3 is 6.18 Å². The third-order valence-corrected chi connectivity index (χ3v) is 4.65. The van der Waals surface area contributed by atoms with E-state index in [9.17, 15) is 13.2 Å². The number of alkyl halides is 3. The third kappa shape index (κ3) is 6.99. The van der Waals surface area contributed by atoms with Gasteiger partial charge in [-0.2, -0.15) is 13.2 Å². The summed E-state index contributed by atoms with van der Waals surface area (Å²) in [4.78, 5) is 6.40. The molecular weight excluding hydrogens is 468 g/mol. The fourth-order valence-corrected chi connectivity index (χ4v) is 3.38. The van der Waals surface area contributed by atoms with E-state index in [2.05, 4.69) is 21.8 Å². The smallest absolute Gasteiger partial charge is 0.370 e. The minimum absolute atomic E-state index is 0. The van der Waals surface area contributed by atoms with Crippen molar-refractivity contribution in [2.45, 2.75) is 32.0 Å². The molecule has 0 aromatic heterocycles. The van der Waals surface area contributed by atoms with Gasteiger partial charge in [0.1, 0.15) is 0 Å². The lowest BCUT2D eigenvalue weighted by atomic mass is 9.84. The van der Waals surface area contributed by atoms with Gasteiger partial charge in [0, 0.05) is 12.6 Å². The molecule has 1 aliphatic heterocycles. The minimum Gasteiger partial charge on any atom is -0.370 e. The lowest BCUT2D eigenvalue weighted by Crippen LogP contribution is -2.43. The summed E-state index contributed by atoms with van der Waals surface area (Å²) in [6.45, 7) is 7.69. The SMILES string of the molecule is C=C(C)CN=C(N)NCC1CCCN(C)C1c1ccc(C(F)(F)F)cc1.I. The molecule has 0 bridgehead atoms. The number of benzene rings is 1. The quantitative estimate of drug-likeness (QED) is 0.278. The normalized spacial score (nSPS) is 21.4. The first-order valence-corrected chi connectivity index (χ1v) is 8.74. The van der Waals surface area contributed by atoms with Gasteiger partial charge in [0.25, 0.3) is 0 Å². The second kappa shape index (κ2) is 10.3. The standard InChI is InChI=1S/C19H27F3N4.HI/c1-13(2)11-24-18(23)25-12-15-5-4-10-26(3)17(15)14-6-8-16(9-7-14)19(20,21)22;/h6-9,15,17H,1,4-5,10-12H2,2-3H3,(H3,23,24,25);1H. The molecule has 1 aromatic carbocycles. The molecule has 1 fully saturated rings. The Morgan fingerprint density at radius 3 is 2.52 bits per heavy atom. The van der Waals surface area contributed by atoms with Crippen molar-refractivity contribution in [2.75, 3.05) is 26.7 Å². The van der Waals surface area contributed by atoms with Gasteiger partial charge in [-0.15, -0.1) is 24.0 Å². The van der Waals surface area contributed by atoms with Crippen molar-refractivity contribution in [2.24, 2.45) is 16.6 Å². The van der Waals surface area contributed by atoms with E-state index in [0.29, 0.717) is 19.0 Å². The lowest BCUT2D eigenvalue weighted by Gasteiger charge is -2.39. The highest BCUT2D eigenvalue weighted by Gasteiger charge is 2.33. The van der Waals surface area contributed by atoms with Crippen LogP contribution in [0.15, 0.2) is 41.4 Å². The summed E-state index contributed by atoms with van der Waals surface area (Å²) >= 11 is 0. The maximum atomic E-state index is 12.8. The van der Waals surface area contributed by atoms with Crippen LogP contribution >= 0.6 is 24.0 Å². The summed E-state index contributed by atoms with van der Waals surface area (Å²) < 4.78 is 38.4. The molecule has 0 spiro atoms. The second-order valence-corrected chi connectivity index (χ2v) is 6.99.